The Balaban J connectivity index is 3.15. The Hall–Kier alpha value is -1.05. The average Bonchev–Trinajstić information content (AvgIpc) is 2.26. The van der Waals surface area contributed by atoms with Crippen LogP contribution in [0.2, 0.25) is 0 Å². The second kappa shape index (κ2) is 5.07. The van der Waals surface area contributed by atoms with Gasteiger partial charge in [0.2, 0.25) is 0 Å². The Morgan fingerprint density at radius 3 is 2.47 bits per heavy atom. The maximum atomic E-state index is 12.4. The van der Waals surface area contributed by atoms with Crippen LogP contribution >= 0.6 is 11.6 Å². The highest BCUT2D eigenvalue weighted by atomic mass is 35.5. The summed E-state index contributed by atoms with van der Waals surface area (Å²) in [5, 5.41) is 18.8. The molecule has 0 fully saturated rings. The van der Waals surface area contributed by atoms with E-state index in [0.717, 1.165) is 0 Å². The van der Waals surface area contributed by atoms with Crippen molar-refractivity contribution in [2.45, 2.75) is 18.4 Å². The van der Waals surface area contributed by atoms with Crippen molar-refractivity contribution in [2.24, 2.45) is 0 Å². The molecule has 1 heterocycles. The van der Waals surface area contributed by atoms with Crippen molar-refractivity contribution in [3.63, 3.8) is 0 Å². The molecular formula is C9H10ClF3N2O2. The van der Waals surface area contributed by atoms with Crippen LogP contribution < -0.4 is 5.73 Å². The van der Waals surface area contributed by atoms with Crippen LogP contribution in [0.5, 0.6) is 0 Å². The van der Waals surface area contributed by atoms with Crippen LogP contribution in [-0.4, -0.2) is 27.2 Å². The lowest BCUT2D eigenvalue weighted by Crippen LogP contribution is -2.22. The molecule has 0 aliphatic rings. The molecule has 4 N–H and O–H groups in total. The molecule has 0 spiro atoms. The molecule has 0 saturated heterocycles. The molecule has 4 nitrogen and oxygen atoms in total. The average molecular weight is 271 g/mol. The van der Waals surface area contributed by atoms with E-state index in [1.54, 1.807) is 0 Å². The van der Waals surface area contributed by atoms with Gasteiger partial charge < -0.3 is 15.9 Å². The van der Waals surface area contributed by atoms with Crippen LogP contribution in [0.3, 0.4) is 0 Å². The summed E-state index contributed by atoms with van der Waals surface area (Å²) in [6.07, 6.45) is -7.06. The van der Waals surface area contributed by atoms with Gasteiger partial charge in [0.25, 0.3) is 0 Å². The predicted octanol–water partition coefficient (Wildman–Crippen LogP) is 1.32. The molecule has 0 aliphatic carbocycles. The number of aliphatic hydroxyl groups is 2. The van der Waals surface area contributed by atoms with Crippen LogP contribution in [0.15, 0.2) is 12.3 Å². The normalized spacial score (nSPS) is 15.6. The molecule has 0 saturated carbocycles. The fourth-order valence-corrected chi connectivity index (χ4v) is 1.34. The quantitative estimate of drug-likeness (QED) is 0.724. The fraction of sp³-hybridized carbons (Fsp3) is 0.444. The van der Waals surface area contributed by atoms with E-state index in [4.69, 9.17) is 17.3 Å². The Bertz CT molecular complexity index is 400. The second-order valence-corrected chi connectivity index (χ2v) is 3.67. The molecule has 1 aromatic heterocycles. The molecule has 0 amide bonds. The number of alkyl halides is 4. The number of pyridine rings is 1. The van der Waals surface area contributed by atoms with Crippen LogP contribution in [0, 0.1) is 0 Å². The van der Waals surface area contributed by atoms with Crippen molar-refractivity contribution in [1.29, 1.82) is 0 Å². The first-order valence-electron chi connectivity index (χ1n) is 4.52. The van der Waals surface area contributed by atoms with E-state index in [-0.39, 0.29) is 17.3 Å². The van der Waals surface area contributed by atoms with Gasteiger partial charge in [-0.15, -0.1) is 11.6 Å². The first kappa shape index (κ1) is 14.0. The zero-order chi connectivity index (χ0) is 13.2. The van der Waals surface area contributed by atoms with Crippen molar-refractivity contribution in [2.75, 3.05) is 11.6 Å². The van der Waals surface area contributed by atoms with Gasteiger partial charge in [-0.1, -0.05) is 0 Å². The maximum absolute atomic E-state index is 12.4. The van der Waals surface area contributed by atoms with Crippen molar-refractivity contribution in [1.82, 2.24) is 4.98 Å². The molecule has 8 heteroatoms. The second-order valence-electron chi connectivity index (χ2n) is 3.36. The van der Waals surface area contributed by atoms with E-state index < -0.39 is 23.9 Å². The first-order chi connectivity index (χ1) is 7.77. The summed E-state index contributed by atoms with van der Waals surface area (Å²) in [4.78, 5) is 3.33. The van der Waals surface area contributed by atoms with Crippen molar-refractivity contribution >= 4 is 17.4 Å². The van der Waals surface area contributed by atoms with Gasteiger partial charge in [-0.3, -0.25) is 0 Å². The molecule has 17 heavy (non-hydrogen) atoms. The molecular weight excluding hydrogens is 261 g/mol. The zero-order valence-corrected chi connectivity index (χ0v) is 9.20. The summed E-state index contributed by atoms with van der Waals surface area (Å²) < 4.78 is 37.2. The number of aliphatic hydroxyl groups excluding tert-OH is 2. The predicted molar refractivity (Wildman–Crippen MR) is 55.3 cm³/mol. The zero-order valence-electron chi connectivity index (χ0n) is 8.45. The number of anilines is 1. The highest BCUT2D eigenvalue weighted by molar-refractivity contribution is 6.18. The van der Waals surface area contributed by atoms with Crippen LogP contribution in [0.25, 0.3) is 0 Å². The van der Waals surface area contributed by atoms with Crippen LogP contribution in [0.4, 0.5) is 19.0 Å². The highest BCUT2D eigenvalue weighted by Crippen LogP contribution is 2.32. The molecule has 1 rings (SSSR count). The molecule has 96 valence electrons. The smallest absolute Gasteiger partial charge is 0.389 e. The molecule has 0 aromatic carbocycles. The maximum Gasteiger partial charge on any atom is 0.417 e. The molecule has 2 atom stereocenters. The SMILES string of the molecule is Nc1ncc(C(F)(F)F)cc1C(O)C(O)CCl. The van der Waals surface area contributed by atoms with Crippen LogP contribution in [-0.2, 0) is 6.18 Å². The van der Waals surface area contributed by atoms with Gasteiger partial charge >= 0.3 is 6.18 Å². The standard InChI is InChI=1S/C9H10ClF3N2O2/c10-2-6(16)7(17)5-1-4(9(11,12)13)3-15-8(5)14/h1,3,6-7,16-17H,2H2,(H2,14,15). The number of hydrogen-bond acceptors (Lipinski definition) is 4. The molecule has 0 radical (unpaired) electrons. The lowest BCUT2D eigenvalue weighted by Gasteiger charge is -2.18. The first-order valence-corrected chi connectivity index (χ1v) is 5.05. The van der Waals surface area contributed by atoms with Gasteiger partial charge in [-0.25, -0.2) is 4.98 Å². The molecule has 2 unspecified atom stereocenters. The third-order valence-corrected chi connectivity index (χ3v) is 2.43. The third-order valence-electron chi connectivity index (χ3n) is 2.12. The van der Waals surface area contributed by atoms with Crippen molar-refractivity contribution in [3.05, 3.63) is 23.4 Å². The topological polar surface area (TPSA) is 79.4 Å². The summed E-state index contributed by atoms with van der Waals surface area (Å²) in [5.74, 6) is -0.619. The van der Waals surface area contributed by atoms with E-state index in [9.17, 15) is 23.4 Å². The molecule has 1 aromatic rings. The van der Waals surface area contributed by atoms with Gasteiger partial charge in [-0.05, 0) is 6.07 Å². The molecule has 0 bridgehead atoms. The van der Waals surface area contributed by atoms with Gasteiger partial charge in [-0.2, -0.15) is 13.2 Å². The van der Waals surface area contributed by atoms with E-state index in [2.05, 4.69) is 4.98 Å². The van der Waals surface area contributed by atoms with E-state index in [1.165, 1.54) is 0 Å². The Labute approximate surface area is 99.8 Å². The summed E-state index contributed by atoms with van der Waals surface area (Å²) in [6, 6.07) is 0.642. The van der Waals surface area contributed by atoms with Crippen LogP contribution in [0.1, 0.15) is 17.2 Å². The Morgan fingerprint density at radius 1 is 1.41 bits per heavy atom. The van der Waals surface area contributed by atoms with E-state index in [1.807, 2.05) is 0 Å². The number of aromatic nitrogens is 1. The van der Waals surface area contributed by atoms with Crippen molar-refractivity contribution in [3.8, 4) is 0 Å². The summed E-state index contributed by atoms with van der Waals surface area (Å²) in [5.41, 5.74) is 3.98. The van der Waals surface area contributed by atoms with Gasteiger partial charge in [0.1, 0.15) is 11.9 Å². The summed E-state index contributed by atoms with van der Waals surface area (Å²) >= 11 is 5.29. The minimum Gasteiger partial charge on any atom is -0.389 e. The van der Waals surface area contributed by atoms with Gasteiger partial charge in [0.15, 0.2) is 0 Å². The summed E-state index contributed by atoms with van der Waals surface area (Å²) in [7, 11) is 0. The van der Waals surface area contributed by atoms with E-state index >= 15 is 0 Å². The minimum absolute atomic E-state index is 0.283. The monoisotopic (exact) mass is 270 g/mol. The number of rotatable bonds is 3. The van der Waals surface area contributed by atoms with Gasteiger partial charge in [0, 0.05) is 11.8 Å². The number of halogens is 4. The van der Waals surface area contributed by atoms with E-state index in [0.29, 0.717) is 12.3 Å². The van der Waals surface area contributed by atoms with Crippen molar-refractivity contribution < 1.29 is 23.4 Å². The number of hydrogen-bond donors (Lipinski definition) is 3. The Morgan fingerprint density at radius 2 is 2.00 bits per heavy atom. The number of nitrogens with zero attached hydrogens (tertiary/aromatic N) is 1. The third kappa shape index (κ3) is 3.21. The lowest BCUT2D eigenvalue weighted by atomic mass is 10.0. The minimum atomic E-state index is -4.60. The van der Waals surface area contributed by atoms with Gasteiger partial charge in [0.05, 0.1) is 17.5 Å². The largest absolute Gasteiger partial charge is 0.417 e. The highest BCUT2D eigenvalue weighted by Gasteiger charge is 2.33. The molecule has 0 aliphatic heterocycles. The number of nitrogens with two attached hydrogens (primary N) is 1. The number of nitrogen functional groups attached to an aromatic ring is 1. The Kier molecular flexibility index (Phi) is 4.18. The lowest BCUT2D eigenvalue weighted by molar-refractivity contribution is -0.138. The summed E-state index contributed by atoms with van der Waals surface area (Å²) in [6.45, 7) is 0. The fourth-order valence-electron chi connectivity index (χ4n) is 1.18.